The number of carbonyl (C=O) groups is 2. The fourth-order valence-electron chi connectivity index (χ4n) is 10.4. The maximum absolute atomic E-state index is 16.4. The molecule has 0 N–H and O–H groups in total. The highest BCUT2D eigenvalue weighted by Gasteiger charge is 2.39. The summed E-state index contributed by atoms with van der Waals surface area (Å²) in [5.74, 6) is 0.223. The molecule has 8 bridgehead atoms. The summed E-state index contributed by atoms with van der Waals surface area (Å²) in [6.45, 7) is 34.5. The number of fused-ring (bicyclic) bond motifs is 8. The van der Waals surface area contributed by atoms with Gasteiger partial charge in [0.2, 0.25) is 11.6 Å². The largest absolute Gasteiger partial charge is 0.496 e. The smallest absolute Gasteiger partial charge is 0.200 e. The van der Waals surface area contributed by atoms with E-state index in [1.165, 1.54) is 0 Å². The zero-order valence-electron chi connectivity index (χ0n) is 45.7. The molecule has 6 aromatic rings. The van der Waals surface area contributed by atoms with Crippen LogP contribution in [-0.2, 0) is 21.7 Å². The fourth-order valence-corrected chi connectivity index (χ4v) is 10.4. The molecule has 0 amide bonds. The molecule has 0 unspecified atom stereocenters. The second-order valence-corrected chi connectivity index (χ2v) is 23.8. The first kappa shape index (κ1) is 51.7. The SMILES string of the molecule is COc1c2cc(C(C)(C)C)cc1C(c1ccc(C)cc1C)c1cc(C(C)(C)C)cc(c1OC)C(=O)c1cc(C(C)(C)C)cc(c1OC)C(c1ccc(C)cc1C)c1cc(C(C)(C)C)cc(c1OC)C2=O. The van der Waals surface area contributed by atoms with Crippen LogP contribution in [0.4, 0.5) is 0 Å². The molecule has 0 spiro atoms. The monoisotopic (exact) mass is 941 g/mol. The van der Waals surface area contributed by atoms with Crippen molar-refractivity contribution in [3.05, 3.63) is 185 Å². The van der Waals surface area contributed by atoms with E-state index in [1.807, 2.05) is 24.3 Å². The first-order chi connectivity index (χ1) is 32.5. The molecule has 1 aliphatic rings. The quantitative estimate of drug-likeness (QED) is 0.165. The van der Waals surface area contributed by atoms with Crippen molar-refractivity contribution in [2.75, 3.05) is 28.4 Å². The normalized spacial score (nSPS) is 15.5. The molecule has 70 heavy (non-hydrogen) atoms. The number of rotatable bonds is 6. The summed E-state index contributed by atoms with van der Waals surface area (Å²) in [5, 5.41) is 0. The maximum Gasteiger partial charge on any atom is 0.200 e. The molecule has 6 aromatic carbocycles. The van der Waals surface area contributed by atoms with Crippen LogP contribution in [-0.4, -0.2) is 40.0 Å². The van der Waals surface area contributed by atoms with Crippen molar-refractivity contribution >= 4 is 11.6 Å². The molecule has 1 aliphatic carbocycles. The predicted octanol–water partition coefficient (Wildman–Crippen LogP) is 15.3. The van der Waals surface area contributed by atoms with E-state index in [0.29, 0.717) is 45.3 Å². The Morgan fingerprint density at radius 2 is 0.557 bits per heavy atom. The Balaban J connectivity index is 1.85. The molecule has 0 aromatic heterocycles. The molecular formula is C64H76O6. The van der Waals surface area contributed by atoms with Gasteiger partial charge in [-0.15, -0.1) is 0 Å². The lowest BCUT2D eigenvalue weighted by molar-refractivity contribution is 0.102. The van der Waals surface area contributed by atoms with Gasteiger partial charge in [-0.2, -0.15) is 0 Å². The second kappa shape index (κ2) is 18.6. The van der Waals surface area contributed by atoms with Crippen molar-refractivity contribution < 1.29 is 28.5 Å². The van der Waals surface area contributed by atoms with E-state index in [4.69, 9.17) is 18.9 Å². The minimum absolute atomic E-state index is 0.221. The van der Waals surface area contributed by atoms with Gasteiger partial charge in [-0.3, -0.25) is 9.59 Å². The lowest BCUT2D eigenvalue weighted by Crippen LogP contribution is -2.22. The van der Waals surface area contributed by atoms with Gasteiger partial charge in [0.05, 0.1) is 50.7 Å². The number of methoxy groups -OCH3 is 4. The predicted molar refractivity (Wildman–Crippen MR) is 287 cm³/mol. The van der Waals surface area contributed by atoms with Gasteiger partial charge < -0.3 is 18.9 Å². The Morgan fingerprint density at radius 1 is 0.329 bits per heavy atom. The van der Waals surface area contributed by atoms with Crippen LogP contribution in [0.2, 0.25) is 0 Å². The standard InChI is InChI=1S/C64H76O6/c1-35-21-23-43(37(3)25-35)53-45-27-39(61(5,6)7)31-49(57(45)67-17)55(65)51-33-41(63(11,12)13)29-47(59(51)69-19)54(44-24-22-36(2)26-38(44)4)48-30-42(64(14,15)16)34-52(60(48)70-20)56(66)50-32-40(62(8,9)10)28-46(53)58(50)68-18/h21-34,53-54H,1-20H3. The van der Waals surface area contributed by atoms with E-state index in [1.54, 1.807) is 28.4 Å². The van der Waals surface area contributed by atoms with Gasteiger partial charge in [-0.25, -0.2) is 0 Å². The summed E-state index contributed by atoms with van der Waals surface area (Å²) in [7, 11) is 6.60. The van der Waals surface area contributed by atoms with E-state index >= 15 is 9.59 Å². The third kappa shape index (κ3) is 9.43. The van der Waals surface area contributed by atoms with E-state index < -0.39 is 33.5 Å². The van der Waals surface area contributed by atoms with Gasteiger partial charge in [0.25, 0.3) is 0 Å². The molecule has 0 atom stereocenters. The van der Waals surface area contributed by atoms with Gasteiger partial charge in [-0.1, -0.05) is 155 Å². The zero-order valence-corrected chi connectivity index (χ0v) is 45.7. The summed E-state index contributed by atoms with van der Waals surface area (Å²) in [5.41, 5.74) is 13.4. The van der Waals surface area contributed by atoms with Crippen LogP contribution in [0.3, 0.4) is 0 Å². The number of carbonyl (C=O) groups excluding carboxylic acids is 2. The number of aryl methyl sites for hydroxylation is 4. The number of ketones is 2. The molecular weight excluding hydrogens is 865 g/mol. The van der Waals surface area contributed by atoms with Crippen LogP contribution in [0.15, 0.2) is 84.9 Å². The van der Waals surface area contributed by atoms with Gasteiger partial charge in [0.15, 0.2) is 0 Å². The first-order valence-electron chi connectivity index (χ1n) is 24.7. The summed E-state index contributed by atoms with van der Waals surface area (Å²) < 4.78 is 26.5. The lowest BCUT2D eigenvalue weighted by atomic mass is 9.73. The highest BCUT2D eigenvalue weighted by molar-refractivity contribution is 6.14. The average Bonchev–Trinajstić information content (AvgIpc) is 3.27. The average molecular weight is 941 g/mol. The molecule has 6 heteroatoms. The van der Waals surface area contributed by atoms with Crippen LogP contribution in [0.1, 0.15) is 205 Å². The van der Waals surface area contributed by atoms with Gasteiger partial charge >= 0.3 is 0 Å². The molecule has 368 valence electrons. The third-order valence-electron chi connectivity index (χ3n) is 14.4. The van der Waals surface area contributed by atoms with Crippen molar-refractivity contribution in [2.45, 2.75) is 144 Å². The summed E-state index contributed by atoms with van der Waals surface area (Å²) in [6.07, 6.45) is 0. The summed E-state index contributed by atoms with van der Waals surface area (Å²) >= 11 is 0. The fraction of sp³-hybridized carbons (Fsp3) is 0.406. The van der Waals surface area contributed by atoms with Crippen LogP contribution in [0, 0.1) is 27.7 Å². The summed E-state index contributed by atoms with van der Waals surface area (Å²) in [4.78, 5) is 32.7. The van der Waals surface area contributed by atoms with Crippen LogP contribution in [0.5, 0.6) is 23.0 Å². The second-order valence-electron chi connectivity index (χ2n) is 23.8. The molecule has 0 heterocycles. The van der Waals surface area contributed by atoms with E-state index in [0.717, 1.165) is 77.9 Å². The van der Waals surface area contributed by atoms with E-state index in [9.17, 15) is 0 Å². The Morgan fingerprint density at radius 3 is 0.743 bits per heavy atom. The molecule has 0 aliphatic heterocycles. The Bertz CT molecular complexity index is 2690. The maximum atomic E-state index is 16.4. The van der Waals surface area contributed by atoms with Crippen LogP contribution < -0.4 is 18.9 Å². The lowest BCUT2D eigenvalue weighted by Gasteiger charge is -2.33. The van der Waals surface area contributed by atoms with E-state index in [-0.39, 0.29) is 11.6 Å². The van der Waals surface area contributed by atoms with Crippen molar-refractivity contribution in [2.24, 2.45) is 0 Å². The molecule has 0 fully saturated rings. The molecule has 0 saturated heterocycles. The number of hydrogen-bond acceptors (Lipinski definition) is 6. The minimum atomic E-state index is -0.563. The molecule has 0 radical (unpaired) electrons. The Labute approximate surface area is 419 Å². The number of hydrogen-bond donors (Lipinski definition) is 0. The third-order valence-corrected chi connectivity index (χ3v) is 14.4. The van der Waals surface area contributed by atoms with Gasteiger partial charge in [0.1, 0.15) is 23.0 Å². The number of ether oxygens (including phenoxy) is 4. The van der Waals surface area contributed by atoms with Crippen LogP contribution >= 0.6 is 0 Å². The van der Waals surface area contributed by atoms with Crippen molar-refractivity contribution in [3.8, 4) is 23.0 Å². The highest BCUT2D eigenvalue weighted by Crippen LogP contribution is 2.52. The van der Waals surface area contributed by atoms with Crippen LogP contribution in [0.25, 0.3) is 0 Å². The zero-order chi connectivity index (χ0) is 51.7. The Kier molecular flexibility index (Phi) is 13.7. The molecule has 6 nitrogen and oxygen atoms in total. The van der Waals surface area contributed by atoms with Crippen molar-refractivity contribution in [1.82, 2.24) is 0 Å². The van der Waals surface area contributed by atoms with Crippen molar-refractivity contribution in [1.29, 1.82) is 0 Å². The van der Waals surface area contributed by atoms with Gasteiger partial charge in [0, 0.05) is 34.1 Å². The molecule has 0 saturated carbocycles. The van der Waals surface area contributed by atoms with Gasteiger partial charge in [-0.05, 0) is 118 Å². The van der Waals surface area contributed by atoms with Crippen molar-refractivity contribution in [3.63, 3.8) is 0 Å². The highest BCUT2D eigenvalue weighted by atomic mass is 16.5. The topological polar surface area (TPSA) is 71.1 Å². The molecule has 7 rings (SSSR count). The summed E-state index contributed by atoms with van der Waals surface area (Å²) in [6, 6.07) is 29.8. The first-order valence-corrected chi connectivity index (χ1v) is 24.7. The minimum Gasteiger partial charge on any atom is -0.496 e. The number of benzene rings is 6. The Hall–Kier alpha value is -6.14. The van der Waals surface area contributed by atoms with E-state index in [2.05, 4.69) is 171 Å².